The quantitative estimate of drug-likeness (QED) is 0.146. The van der Waals surface area contributed by atoms with E-state index in [2.05, 4.69) is 10.6 Å². The molecule has 262 valence electrons. The van der Waals surface area contributed by atoms with Crippen LogP contribution in [0.3, 0.4) is 0 Å². The highest BCUT2D eigenvalue weighted by molar-refractivity contribution is 7.91. The van der Waals surface area contributed by atoms with Crippen LogP contribution < -0.4 is 10.6 Å². The number of aryl methyl sites for hydroxylation is 1. The van der Waals surface area contributed by atoms with Crippen LogP contribution in [0.4, 0.5) is 8.78 Å². The van der Waals surface area contributed by atoms with Crippen molar-refractivity contribution in [3.63, 3.8) is 0 Å². The summed E-state index contributed by atoms with van der Waals surface area (Å²) in [6, 6.07) is 13.5. The number of carbonyl (C=O) groups excluding carboxylic acids is 2. The third kappa shape index (κ3) is 11.5. The predicted octanol–water partition coefficient (Wildman–Crippen LogP) is 4.44. The molecule has 0 saturated carbocycles. The van der Waals surface area contributed by atoms with Gasteiger partial charge in [-0.2, -0.15) is 0 Å². The Morgan fingerprint density at radius 2 is 1.52 bits per heavy atom. The topological polar surface area (TPSA) is 136 Å². The standard InChI is InChI=1S/C36H47F2N3O6S/c1-4-11-41(12-5-2)36(45)29-19-28(20-32(21-29)48(46,47)14-8-13-42)35(44)40-33(18-27-16-30(37)22-31(38)17-27)34(43)24-39-23-26-10-7-9-25(6-3)15-26/h7,9-10,15-17,19-22,33-34,39,42-43H,4-6,8,11-14,18,23-24H2,1-3H3,(H,40,44)/t33-,34+/m0/s1. The number of halogens is 2. The molecule has 9 nitrogen and oxygen atoms in total. The fourth-order valence-electron chi connectivity index (χ4n) is 5.43. The van der Waals surface area contributed by atoms with Crippen molar-refractivity contribution in [1.82, 2.24) is 15.5 Å². The highest BCUT2D eigenvalue weighted by Crippen LogP contribution is 2.21. The maximum atomic E-state index is 14.1. The van der Waals surface area contributed by atoms with Crippen LogP contribution in [0.15, 0.2) is 65.6 Å². The molecule has 0 aliphatic heterocycles. The van der Waals surface area contributed by atoms with Gasteiger partial charge in [0.05, 0.1) is 22.8 Å². The summed E-state index contributed by atoms with van der Waals surface area (Å²) in [6.45, 7) is 6.82. The summed E-state index contributed by atoms with van der Waals surface area (Å²) in [7, 11) is -3.98. The van der Waals surface area contributed by atoms with E-state index in [4.69, 9.17) is 0 Å². The lowest BCUT2D eigenvalue weighted by atomic mass is 9.99. The maximum absolute atomic E-state index is 14.1. The van der Waals surface area contributed by atoms with Crippen LogP contribution in [0.25, 0.3) is 0 Å². The lowest BCUT2D eigenvalue weighted by Gasteiger charge is -2.26. The van der Waals surface area contributed by atoms with Crippen LogP contribution in [0, 0.1) is 11.6 Å². The molecule has 0 spiro atoms. The first-order valence-electron chi connectivity index (χ1n) is 16.4. The number of carbonyl (C=O) groups is 2. The Kier molecular flexibility index (Phi) is 15.1. The molecule has 0 aromatic heterocycles. The molecule has 0 aliphatic carbocycles. The molecular formula is C36H47F2N3O6S. The first-order valence-corrected chi connectivity index (χ1v) is 18.1. The van der Waals surface area contributed by atoms with E-state index in [0.717, 1.165) is 41.8 Å². The van der Waals surface area contributed by atoms with Crippen LogP contribution in [0.5, 0.6) is 0 Å². The van der Waals surface area contributed by atoms with Crippen molar-refractivity contribution in [2.45, 2.75) is 76.5 Å². The van der Waals surface area contributed by atoms with Gasteiger partial charge in [-0.05, 0) is 79.1 Å². The summed E-state index contributed by atoms with van der Waals surface area (Å²) in [5, 5.41) is 26.4. The molecule has 2 atom stereocenters. The van der Waals surface area contributed by atoms with Crippen molar-refractivity contribution in [2.24, 2.45) is 0 Å². The predicted molar refractivity (Wildman–Crippen MR) is 182 cm³/mol. The molecule has 4 N–H and O–H groups in total. The van der Waals surface area contributed by atoms with E-state index in [1.165, 1.54) is 12.1 Å². The third-order valence-electron chi connectivity index (χ3n) is 7.86. The third-order valence-corrected chi connectivity index (χ3v) is 9.64. The Morgan fingerprint density at radius 1 is 0.875 bits per heavy atom. The first kappa shape index (κ1) is 38.7. The number of aliphatic hydroxyl groups excluding tert-OH is 2. The van der Waals surface area contributed by atoms with E-state index in [0.29, 0.717) is 32.5 Å². The zero-order valence-corrected chi connectivity index (χ0v) is 28.7. The molecule has 3 aromatic carbocycles. The summed E-state index contributed by atoms with van der Waals surface area (Å²) in [5.74, 6) is -3.24. The fourth-order valence-corrected chi connectivity index (χ4v) is 6.78. The molecule has 3 rings (SSSR count). The van der Waals surface area contributed by atoms with Gasteiger partial charge < -0.3 is 25.7 Å². The number of sulfone groups is 1. The van der Waals surface area contributed by atoms with Gasteiger partial charge in [0.2, 0.25) is 0 Å². The number of hydrogen-bond donors (Lipinski definition) is 4. The average molecular weight is 688 g/mol. The summed E-state index contributed by atoms with van der Waals surface area (Å²) < 4.78 is 54.5. The number of hydrogen-bond acceptors (Lipinski definition) is 7. The Hall–Kier alpha value is -3.71. The van der Waals surface area contributed by atoms with Crippen LogP contribution in [0.2, 0.25) is 0 Å². The Morgan fingerprint density at radius 3 is 2.15 bits per heavy atom. The van der Waals surface area contributed by atoms with Gasteiger partial charge >= 0.3 is 0 Å². The second kappa shape index (κ2) is 18.7. The van der Waals surface area contributed by atoms with Crippen LogP contribution in [0.1, 0.15) is 77.4 Å². The summed E-state index contributed by atoms with van der Waals surface area (Å²) >= 11 is 0. The molecule has 0 unspecified atom stereocenters. The Labute approximate surface area is 282 Å². The maximum Gasteiger partial charge on any atom is 0.253 e. The number of amides is 2. The number of benzene rings is 3. The van der Waals surface area contributed by atoms with Crippen molar-refractivity contribution in [3.05, 3.63) is 100 Å². The molecule has 0 saturated heterocycles. The van der Waals surface area contributed by atoms with E-state index in [-0.39, 0.29) is 47.6 Å². The van der Waals surface area contributed by atoms with E-state index in [1.807, 2.05) is 45.0 Å². The lowest BCUT2D eigenvalue weighted by Crippen LogP contribution is -2.48. The minimum atomic E-state index is -3.98. The first-order chi connectivity index (χ1) is 22.9. The second-order valence-electron chi connectivity index (χ2n) is 11.9. The van der Waals surface area contributed by atoms with Crippen LogP contribution >= 0.6 is 0 Å². The zero-order valence-electron chi connectivity index (χ0n) is 27.8. The molecule has 0 fully saturated rings. The van der Waals surface area contributed by atoms with Crippen molar-refractivity contribution >= 4 is 21.7 Å². The molecule has 2 amide bonds. The van der Waals surface area contributed by atoms with Crippen LogP contribution in [-0.4, -0.2) is 79.5 Å². The second-order valence-corrected chi connectivity index (χ2v) is 14.0. The highest BCUT2D eigenvalue weighted by Gasteiger charge is 2.26. The molecule has 12 heteroatoms. The molecular weight excluding hydrogens is 640 g/mol. The monoisotopic (exact) mass is 687 g/mol. The number of nitrogens with zero attached hydrogens (tertiary/aromatic N) is 1. The van der Waals surface area contributed by atoms with Crippen molar-refractivity contribution in [2.75, 3.05) is 32.0 Å². The van der Waals surface area contributed by atoms with Crippen molar-refractivity contribution in [3.8, 4) is 0 Å². The van der Waals surface area contributed by atoms with Gasteiger partial charge in [0.15, 0.2) is 9.84 Å². The van der Waals surface area contributed by atoms with Gasteiger partial charge in [-0.1, -0.05) is 45.0 Å². The van der Waals surface area contributed by atoms with Gasteiger partial charge in [0.25, 0.3) is 11.8 Å². The van der Waals surface area contributed by atoms with E-state index in [9.17, 15) is 37.0 Å². The van der Waals surface area contributed by atoms with E-state index < -0.39 is 51.2 Å². The van der Waals surface area contributed by atoms with Gasteiger partial charge in [0, 0.05) is 50.0 Å². The summed E-state index contributed by atoms with van der Waals surface area (Å²) in [5.41, 5.74) is 2.21. The fraction of sp³-hybridized carbons (Fsp3) is 0.444. The molecule has 0 radical (unpaired) electrons. The molecule has 0 heterocycles. The molecule has 0 bridgehead atoms. The zero-order chi connectivity index (χ0) is 35.3. The summed E-state index contributed by atoms with van der Waals surface area (Å²) in [6.07, 6.45) is 0.805. The number of nitrogens with one attached hydrogen (secondary N) is 2. The Bertz CT molecular complexity index is 1610. The van der Waals surface area contributed by atoms with Gasteiger partial charge in [0.1, 0.15) is 11.6 Å². The number of aliphatic hydroxyl groups is 2. The van der Waals surface area contributed by atoms with Gasteiger partial charge in [-0.25, -0.2) is 17.2 Å². The smallest absolute Gasteiger partial charge is 0.253 e. The average Bonchev–Trinajstić information content (AvgIpc) is 3.06. The highest BCUT2D eigenvalue weighted by atomic mass is 32.2. The van der Waals surface area contributed by atoms with Gasteiger partial charge in [-0.15, -0.1) is 0 Å². The number of rotatable bonds is 19. The molecule has 48 heavy (non-hydrogen) atoms. The Balaban J connectivity index is 1.96. The van der Waals surface area contributed by atoms with Crippen molar-refractivity contribution in [1.29, 1.82) is 0 Å². The van der Waals surface area contributed by atoms with Gasteiger partial charge in [-0.3, -0.25) is 9.59 Å². The normalized spacial score (nSPS) is 12.8. The minimum Gasteiger partial charge on any atom is -0.396 e. The molecule has 0 aliphatic rings. The summed E-state index contributed by atoms with van der Waals surface area (Å²) in [4.78, 5) is 28.7. The SMILES string of the molecule is CCCN(CCC)C(=O)c1cc(C(=O)N[C@@H](Cc2cc(F)cc(F)c2)[C@H](O)CNCc2cccc(CC)c2)cc(S(=O)(=O)CCCO)c1. The van der Waals surface area contributed by atoms with Crippen LogP contribution in [-0.2, 0) is 29.2 Å². The lowest BCUT2D eigenvalue weighted by molar-refractivity contribution is 0.0755. The molecule has 3 aromatic rings. The minimum absolute atomic E-state index is 0.00685. The van der Waals surface area contributed by atoms with Crippen molar-refractivity contribution < 1.29 is 37.0 Å². The van der Waals surface area contributed by atoms with E-state index in [1.54, 1.807) is 4.90 Å². The largest absolute Gasteiger partial charge is 0.396 e. The van der Waals surface area contributed by atoms with E-state index >= 15 is 0 Å².